The van der Waals surface area contributed by atoms with E-state index >= 15 is 0 Å². The Hall–Kier alpha value is -2.23. The van der Waals surface area contributed by atoms with Crippen molar-refractivity contribution in [2.24, 2.45) is 0 Å². The maximum atomic E-state index is 13.8. The van der Waals surface area contributed by atoms with Crippen LogP contribution in [0.2, 0.25) is 0 Å². The quantitative estimate of drug-likeness (QED) is 0.866. The normalized spacial score (nSPS) is 10.3. The van der Waals surface area contributed by atoms with Crippen molar-refractivity contribution < 1.29 is 13.9 Å². The van der Waals surface area contributed by atoms with Gasteiger partial charge in [0.25, 0.3) is 0 Å². The Labute approximate surface area is 124 Å². The summed E-state index contributed by atoms with van der Waals surface area (Å²) < 4.78 is 24.5. The molecule has 0 bridgehead atoms. The topological polar surface area (TPSA) is 30.5 Å². The first-order valence-electron chi connectivity index (χ1n) is 6.94. The third kappa shape index (κ3) is 3.66. The molecule has 112 valence electrons. The first-order chi connectivity index (χ1) is 10.2. The number of halogens is 1. The fourth-order valence-corrected chi connectivity index (χ4v) is 2.14. The first kappa shape index (κ1) is 15.2. The van der Waals surface area contributed by atoms with E-state index in [9.17, 15) is 4.39 Å². The molecule has 0 fully saturated rings. The van der Waals surface area contributed by atoms with Crippen molar-refractivity contribution in [2.75, 3.05) is 19.0 Å². The fraction of sp³-hybridized carbons (Fsp3) is 0.294. The van der Waals surface area contributed by atoms with Crippen LogP contribution in [0.15, 0.2) is 36.4 Å². The van der Waals surface area contributed by atoms with E-state index in [0.717, 1.165) is 11.1 Å². The van der Waals surface area contributed by atoms with E-state index < -0.39 is 0 Å². The van der Waals surface area contributed by atoms with E-state index in [0.29, 0.717) is 30.3 Å². The van der Waals surface area contributed by atoms with E-state index in [-0.39, 0.29) is 5.82 Å². The second-order valence-corrected chi connectivity index (χ2v) is 4.70. The van der Waals surface area contributed by atoms with Crippen molar-refractivity contribution in [3.63, 3.8) is 0 Å². The Balaban J connectivity index is 2.13. The average molecular weight is 289 g/mol. The van der Waals surface area contributed by atoms with E-state index in [1.165, 1.54) is 6.07 Å². The number of aryl methyl sites for hydroxylation is 1. The predicted octanol–water partition coefficient (Wildman–Crippen LogP) is 4.15. The highest BCUT2D eigenvalue weighted by Gasteiger charge is 2.07. The molecule has 21 heavy (non-hydrogen) atoms. The summed E-state index contributed by atoms with van der Waals surface area (Å²) in [7, 11) is 1.61. The van der Waals surface area contributed by atoms with Gasteiger partial charge in [0.05, 0.1) is 19.4 Å². The van der Waals surface area contributed by atoms with Gasteiger partial charge in [0.15, 0.2) is 11.5 Å². The lowest BCUT2D eigenvalue weighted by atomic mass is 10.1. The number of anilines is 1. The van der Waals surface area contributed by atoms with Gasteiger partial charge in [-0.15, -0.1) is 0 Å². The molecule has 2 aromatic carbocycles. The summed E-state index contributed by atoms with van der Waals surface area (Å²) in [4.78, 5) is 0. The summed E-state index contributed by atoms with van der Waals surface area (Å²) in [6.07, 6.45) is 0. The van der Waals surface area contributed by atoms with Crippen molar-refractivity contribution in [2.45, 2.75) is 20.4 Å². The molecular formula is C17H20FNO2. The number of rotatable bonds is 6. The lowest BCUT2D eigenvalue weighted by molar-refractivity contribution is 0.310. The molecule has 0 radical (unpaired) electrons. The Kier molecular flexibility index (Phi) is 5.04. The molecule has 0 amide bonds. The van der Waals surface area contributed by atoms with Crippen LogP contribution >= 0.6 is 0 Å². The number of hydrogen-bond donors (Lipinski definition) is 1. The highest BCUT2D eigenvalue weighted by Crippen LogP contribution is 2.28. The van der Waals surface area contributed by atoms with Gasteiger partial charge in [0, 0.05) is 6.54 Å². The third-order valence-corrected chi connectivity index (χ3v) is 3.22. The number of methoxy groups -OCH3 is 1. The van der Waals surface area contributed by atoms with Crippen LogP contribution in [0.25, 0.3) is 0 Å². The number of para-hydroxylation sites is 1. The summed E-state index contributed by atoms with van der Waals surface area (Å²) in [6.45, 7) is 4.91. The molecule has 0 heterocycles. The van der Waals surface area contributed by atoms with Crippen molar-refractivity contribution in [3.05, 3.63) is 53.3 Å². The standard InChI is InChI=1S/C17H20FNO2/c1-4-21-15-9-8-13(10-16(15)20-3)11-19-17-12(2)6-5-7-14(17)18/h5-10,19H,4,11H2,1-3H3. The minimum atomic E-state index is -0.243. The molecular weight excluding hydrogens is 269 g/mol. The van der Waals surface area contributed by atoms with Gasteiger partial charge in [-0.1, -0.05) is 18.2 Å². The number of hydrogen-bond acceptors (Lipinski definition) is 3. The van der Waals surface area contributed by atoms with E-state index in [1.54, 1.807) is 13.2 Å². The zero-order chi connectivity index (χ0) is 15.2. The SMILES string of the molecule is CCOc1ccc(CNc2c(C)cccc2F)cc1OC. The van der Waals surface area contributed by atoms with Crippen LogP contribution in [0.1, 0.15) is 18.1 Å². The van der Waals surface area contributed by atoms with Gasteiger partial charge in [-0.3, -0.25) is 0 Å². The molecule has 4 heteroatoms. The minimum absolute atomic E-state index is 0.243. The molecule has 0 aromatic heterocycles. The van der Waals surface area contributed by atoms with Gasteiger partial charge >= 0.3 is 0 Å². The van der Waals surface area contributed by atoms with Crippen molar-refractivity contribution in [1.29, 1.82) is 0 Å². The van der Waals surface area contributed by atoms with Crippen LogP contribution < -0.4 is 14.8 Å². The first-order valence-corrected chi connectivity index (χ1v) is 6.94. The molecule has 0 aliphatic heterocycles. The van der Waals surface area contributed by atoms with Gasteiger partial charge in [-0.2, -0.15) is 0 Å². The molecule has 0 saturated carbocycles. The van der Waals surface area contributed by atoms with Crippen LogP contribution in [-0.2, 0) is 6.54 Å². The summed E-state index contributed by atoms with van der Waals surface area (Å²) in [5, 5.41) is 3.13. The van der Waals surface area contributed by atoms with Gasteiger partial charge in [0.2, 0.25) is 0 Å². The van der Waals surface area contributed by atoms with Crippen molar-refractivity contribution >= 4 is 5.69 Å². The predicted molar refractivity (Wildman–Crippen MR) is 82.6 cm³/mol. The number of nitrogens with one attached hydrogen (secondary N) is 1. The van der Waals surface area contributed by atoms with E-state index in [1.807, 2.05) is 38.1 Å². The van der Waals surface area contributed by atoms with Gasteiger partial charge < -0.3 is 14.8 Å². The van der Waals surface area contributed by atoms with Gasteiger partial charge in [-0.25, -0.2) is 4.39 Å². The fourth-order valence-electron chi connectivity index (χ4n) is 2.14. The third-order valence-electron chi connectivity index (χ3n) is 3.22. The molecule has 0 unspecified atom stereocenters. The Morgan fingerprint density at radius 1 is 1.14 bits per heavy atom. The summed E-state index contributed by atoms with van der Waals surface area (Å²) in [5.41, 5.74) is 2.41. The molecule has 0 aliphatic carbocycles. The number of benzene rings is 2. The Morgan fingerprint density at radius 2 is 1.95 bits per heavy atom. The summed E-state index contributed by atoms with van der Waals surface area (Å²) in [6, 6.07) is 10.7. The molecule has 2 aromatic rings. The van der Waals surface area contributed by atoms with Gasteiger partial charge in [0.1, 0.15) is 5.82 Å². The van der Waals surface area contributed by atoms with Crippen LogP contribution in [0.3, 0.4) is 0 Å². The molecule has 0 saturated heterocycles. The zero-order valence-electron chi connectivity index (χ0n) is 12.6. The molecule has 0 spiro atoms. The summed E-state index contributed by atoms with van der Waals surface area (Å²) in [5.74, 6) is 1.15. The summed E-state index contributed by atoms with van der Waals surface area (Å²) >= 11 is 0. The van der Waals surface area contributed by atoms with Crippen LogP contribution in [0, 0.1) is 12.7 Å². The number of ether oxygens (including phenoxy) is 2. The minimum Gasteiger partial charge on any atom is -0.493 e. The maximum absolute atomic E-state index is 13.8. The Morgan fingerprint density at radius 3 is 2.62 bits per heavy atom. The average Bonchev–Trinajstić information content (AvgIpc) is 2.48. The highest BCUT2D eigenvalue weighted by atomic mass is 19.1. The molecule has 1 N–H and O–H groups in total. The smallest absolute Gasteiger partial charge is 0.161 e. The maximum Gasteiger partial charge on any atom is 0.161 e. The lowest BCUT2D eigenvalue weighted by Gasteiger charge is -2.13. The van der Waals surface area contributed by atoms with Crippen molar-refractivity contribution in [3.8, 4) is 11.5 Å². The van der Waals surface area contributed by atoms with Crippen molar-refractivity contribution in [1.82, 2.24) is 0 Å². The van der Waals surface area contributed by atoms with Crippen LogP contribution in [0.4, 0.5) is 10.1 Å². The largest absolute Gasteiger partial charge is 0.493 e. The van der Waals surface area contributed by atoms with Crippen LogP contribution in [-0.4, -0.2) is 13.7 Å². The molecule has 2 rings (SSSR count). The molecule has 0 aliphatic rings. The van der Waals surface area contributed by atoms with E-state index in [2.05, 4.69) is 5.32 Å². The van der Waals surface area contributed by atoms with E-state index in [4.69, 9.17) is 9.47 Å². The van der Waals surface area contributed by atoms with Gasteiger partial charge in [-0.05, 0) is 43.2 Å². The Bertz CT molecular complexity index is 593. The lowest BCUT2D eigenvalue weighted by Crippen LogP contribution is -2.04. The van der Waals surface area contributed by atoms with Crippen LogP contribution in [0.5, 0.6) is 11.5 Å². The molecule has 3 nitrogen and oxygen atoms in total. The second-order valence-electron chi connectivity index (χ2n) is 4.70. The molecule has 0 atom stereocenters. The zero-order valence-corrected chi connectivity index (χ0v) is 12.6. The highest BCUT2D eigenvalue weighted by molar-refractivity contribution is 5.52. The second kappa shape index (κ2) is 6.97. The monoisotopic (exact) mass is 289 g/mol.